The normalized spacial score (nSPS) is 18.7. The second kappa shape index (κ2) is 5.33. The van der Waals surface area contributed by atoms with Crippen LogP contribution in [0.3, 0.4) is 0 Å². The molecule has 1 N–H and O–H groups in total. The van der Waals surface area contributed by atoms with Crippen LogP contribution in [0.2, 0.25) is 0 Å². The number of anilines is 1. The second-order valence-corrected chi connectivity index (χ2v) is 7.41. The van der Waals surface area contributed by atoms with Crippen molar-refractivity contribution in [1.82, 2.24) is 9.29 Å². The molecule has 0 atom stereocenters. The van der Waals surface area contributed by atoms with Crippen molar-refractivity contribution in [1.29, 1.82) is 0 Å². The number of sulfonamides is 1. The Hall–Kier alpha value is -0.990. The predicted octanol–water partition coefficient (Wildman–Crippen LogP) is -0.124. The second-order valence-electron chi connectivity index (χ2n) is 3.86. The predicted molar refractivity (Wildman–Crippen MR) is 70.4 cm³/mol. The first-order valence-corrected chi connectivity index (χ1v) is 8.46. The SMILES string of the molecule is CNc1cccnc1S(=O)(=O)N1CCS(=O)CC1. The van der Waals surface area contributed by atoms with Crippen molar-refractivity contribution in [3.63, 3.8) is 0 Å². The number of rotatable bonds is 3. The Labute approximate surface area is 109 Å². The minimum atomic E-state index is -3.60. The molecule has 0 radical (unpaired) electrons. The average molecular weight is 289 g/mol. The molecule has 6 nitrogen and oxygen atoms in total. The van der Waals surface area contributed by atoms with Crippen LogP contribution in [-0.4, -0.2) is 53.6 Å². The topological polar surface area (TPSA) is 79.4 Å². The number of nitrogens with one attached hydrogen (secondary N) is 1. The van der Waals surface area contributed by atoms with Gasteiger partial charge in [-0.3, -0.25) is 4.21 Å². The molecule has 8 heteroatoms. The van der Waals surface area contributed by atoms with Gasteiger partial charge in [-0.1, -0.05) is 0 Å². The summed E-state index contributed by atoms with van der Waals surface area (Å²) in [6.45, 7) is 0.573. The summed E-state index contributed by atoms with van der Waals surface area (Å²) in [6, 6.07) is 3.35. The van der Waals surface area contributed by atoms with E-state index < -0.39 is 20.8 Å². The number of nitrogens with zero attached hydrogens (tertiary/aromatic N) is 2. The molecule has 18 heavy (non-hydrogen) atoms. The first kappa shape index (κ1) is 13.4. The summed E-state index contributed by atoms with van der Waals surface area (Å²) in [7, 11) is -2.85. The van der Waals surface area contributed by atoms with E-state index in [9.17, 15) is 12.6 Å². The fourth-order valence-corrected chi connectivity index (χ4v) is 4.60. The van der Waals surface area contributed by atoms with Crippen LogP contribution in [0.25, 0.3) is 0 Å². The molecule has 0 saturated carbocycles. The van der Waals surface area contributed by atoms with Crippen LogP contribution >= 0.6 is 0 Å². The summed E-state index contributed by atoms with van der Waals surface area (Å²) in [5, 5.41) is 2.85. The number of pyridine rings is 1. The van der Waals surface area contributed by atoms with Crippen molar-refractivity contribution >= 4 is 26.5 Å². The molecule has 0 amide bonds. The lowest BCUT2D eigenvalue weighted by Crippen LogP contribution is -2.42. The Bertz CT molecular complexity index is 549. The number of hydrogen-bond donors (Lipinski definition) is 1. The first-order valence-electron chi connectivity index (χ1n) is 5.53. The van der Waals surface area contributed by atoms with Crippen molar-refractivity contribution in [3.8, 4) is 0 Å². The van der Waals surface area contributed by atoms with Crippen molar-refractivity contribution in [2.75, 3.05) is 37.0 Å². The van der Waals surface area contributed by atoms with Crippen LogP contribution in [0, 0.1) is 0 Å². The Morgan fingerprint density at radius 1 is 1.39 bits per heavy atom. The maximum Gasteiger partial charge on any atom is 0.262 e. The Morgan fingerprint density at radius 2 is 2.06 bits per heavy atom. The van der Waals surface area contributed by atoms with Gasteiger partial charge < -0.3 is 5.32 Å². The highest BCUT2D eigenvalue weighted by Gasteiger charge is 2.30. The van der Waals surface area contributed by atoms with Crippen LogP contribution < -0.4 is 5.32 Å². The molecule has 0 spiro atoms. The quantitative estimate of drug-likeness (QED) is 0.839. The van der Waals surface area contributed by atoms with E-state index in [0.29, 0.717) is 17.2 Å². The molecular formula is C10H15N3O3S2. The van der Waals surface area contributed by atoms with E-state index >= 15 is 0 Å². The molecule has 1 saturated heterocycles. The minimum absolute atomic E-state index is 0.0279. The van der Waals surface area contributed by atoms with Crippen molar-refractivity contribution < 1.29 is 12.6 Å². The lowest BCUT2D eigenvalue weighted by Gasteiger charge is -2.25. The Kier molecular flexibility index (Phi) is 3.98. The van der Waals surface area contributed by atoms with Crippen LogP contribution in [0.4, 0.5) is 5.69 Å². The highest BCUT2D eigenvalue weighted by atomic mass is 32.2. The molecule has 1 aliphatic rings. The van der Waals surface area contributed by atoms with Gasteiger partial charge in [0.25, 0.3) is 10.0 Å². The van der Waals surface area contributed by atoms with Gasteiger partial charge in [-0.15, -0.1) is 0 Å². The summed E-state index contributed by atoms with van der Waals surface area (Å²) in [6.07, 6.45) is 1.45. The van der Waals surface area contributed by atoms with E-state index in [2.05, 4.69) is 10.3 Å². The van der Waals surface area contributed by atoms with Gasteiger partial charge in [-0.05, 0) is 12.1 Å². The smallest absolute Gasteiger partial charge is 0.262 e. The van der Waals surface area contributed by atoms with Gasteiger partial charge in [-0.2, -0.15) is 4.31 Å². The third-order valence-corrected chi connectivity index (χ3v) is 5.90. The maximum absolute atomic E-state index is 12.4. The number of hydrogen-bond acceptors (Lipinski definition) is 5. The van der Waals surface area contributed by atoms with E-state index in [0.717, 1.165) is 0 Å². The molecule has 1 fully saturated rings. The molecule has 0 aromatic carbocycles. The standard InChI is InChI=1S/C10H15N3O3S2/c1-11-9-3-2-4-12-10(9)18(15,16)13-5-7-17(14)8-6-13/h2-4,11H,5-8H2,1H3. The molecule has 0 bridgehead atoms. The summed E-state index contributed by atoms with van der Waals surface area (Å²) in [5.41, 5.74) is 0.476. The zero-order chi connectivity index (χ0) is 13.2. The van der Waals surface area contributed by atoms with Crippen LogP contribution in [-0.2, 0) is 20.8 Å². The highest BCUT2D eigenvalue weighted by Crippen LogP contribution is 2.22. The van der Waals surface area contributed by atoms with E-state index in [1.807, 2.05) is 0 Å². The lowest BCUT2D eigenvalue weighted by atomic mass is 10.4. The van der Waals surface area contributed by atoms with E-state index in [1.54, 1.807) is 19.2 Å². The molecule has 2 rings (SSSR count). The summed E-state index contributed by atoms with van der Waals surface area (Å²) >= 11 is 0. The van der Waals surface area contributed by atoms with Gasteiger partial charge in [0, 0.05) is 48.6 Å². The van der Waals surface area contributed by atoms with Crippen LogP contribution in [0.1, 0.15) is 0 Å². The third kappa shape index (κ3) is 2.55. The average Bonchev–Trinajstić information content (AvgIpc) is 2.39. The summed E-state index contributed by atoms with van der Waals surface area (Å²) in [4.78, 5) is 3.95. The maximum atomic E-state index is 12.4. The molecule has 2 heterocycles. The summed E-state index contributed by atoms with van der Waals surface area (Å²) < 4.78 is 37.4. The van der Waals surface area contributed by atoms with Crippen LogP contribution in [0.15, 0.2) is 23.4 Å². The van der Waals surface area contributed by atoms with E-state index in [1.165, 1.54) is 10.5 Å². The molecule has 1 aliphatic heterocycles. The molecule has 0 aliphatic carbocycles. The fraction of sp³-hybridized carbons (Fsp3) is 0.500. The van der Waals surface area contributed by atoms with Crippen molar-refractivity contribution in [2.45, 2.75) is 5.03 Å². The number of aromatic nitrogens is 1. The van der Waals surface area contributed by atoms with E-state index in [-0.39, 0.29) is 18.1 Å². The van der Waals surface area contributed by atoms with Gasteiger partial charge in [0.2, 0.25) is 0 Å². The van der Waals surface area contributed by atoms with Gasteiger partial charge >= 0.3 is 0 Å². The Balaban J connectivity index is 2.33. The zero-order valence-electron chi connectivity index (χ0n) is 10.00. The highest BCUT2D eigenvalue weighted by molar-refractivity contribution is 7.89. The third-order valence-electron chi connectivity index (χ3n) is 2.76. The van der Waals surface area contributed by atoms with Crippen molar-refractivity contribution in [2.24, 2.45) is 0 Å². The molecule has 0 unspecified atom stereocenters. The minimum Gasteiger partial charge on any atom is -0.386 e. The van der Waals surface area contributed by atoms with Gasteiger partial charge in [0.15, 0.2) is 5.03 Å². The monoisotopic (exact) mass is 289 g/mol. The lowest BCUT2D eigenvalue weighted by molar-refractivity contribution is 0.436. The largest absolute Gasteiger partial charge is 0.386 e. The molecule has 1 aromatic rings. The molecule has 100 valence electrons. The van der Waals surface area contributed by atoms with Gasteiger partial charge in [0.05, 0.1) is 5.69 Å². The first-order chi connectivity index (χ1) is 8.55. The van der Waals surface area contributed by atoms with Gasteiger partial charge in [-0.25, -0.2) is 13.4 Å². The fourth-order valence-electron chi connectivity index (χ4n) is 1.77. The zero-order valence-corrected chi connectivity index (χ0v) is 11.6. The van der Waals surface area contributed by atoms with Crippen molar-refractivity contribution in [3.05, 3.63) is 18.3 Å². The summed E-state index contributed by atoms with van der Waals surface area (Å²) in [5.74, 6) is 0.780. The van der Waals surface area contributed by atoms with Gasteiger partial charge in [0.1, 0.15) is 0 Å². The molecule has 1 aromatic heterocycles. The van der Waals surface area contributed by atoms with Crippen LogP contribution in [0.5, 0.6) is 0 Å². The molecular weight excluding hydrogens is 274 g/mol. The Morgan fingerprint density at radius 3 is 2.67 bits per heavy atom. The van der Waals surface area contributed by atoms with E-state index in [4.69, 9.17) is 0 Å².